The molecule has 0 amide bonds. The summed E-state index contributed by atoms with van der Waals surface area (Å²) in [5.41, 5.74) is 0.360. The van der Waals surface area contributed by atoms with Gasteiger partial charge < -0.3 is 9.47 Å². The standard InChI is InChI=1S/C17H15NO6/c1-11-12(7-5-8-14(11)18(21)22)17(20)24-10-15(19)13-6-3-4-9-16(13)23-2/h3-9H,10H2,1-2H3. The summed E-state index contributed by atoms with van der Waals surface area (Å²) in [6.07, 6.45) is 0. The van der Waals surface area contributed by atoms with E-state index < -0.39 is 23.3 Å². The summed E-state index contributed by atoms with van der Waals surface area (Å²) in [4.78, 5) is 34.6. The lowest BCUT2D eigenvalue weighted by atomic mass is 10.1. The number of rotatable bonds is 6. The fraction of sp³-hybridized carbons (Fsp3) is 0.176. The molecule has 2 rings (SSSR count). The molecule has 0 heterocycles. The van der Waals surface area contributed by atoms with Crippen LogP contribution in [-0.2, 0) is 4.74 Å². The number of Topliss-reactive ketones (excluding diaryl/α,β-unsaturated/α-hetero) is 1. The van der Waals surface area contributed by atoms with Crippen LogP contribution in [0.4, 0.5) is 5.69 Å². The van der Waals surface area contributed by atoms with E-state index in [4.69, 9.17) is 9.47 Å². The van der Waals surface area contributed by atoms with Crippen molar-refractivity contribution in [1.29, 1.82) is 0 Å². The van der Waals surface area contributed by atoms with Crippen LogP contribution in [0.5, 0.6) is 5.75 Å². The van der Waals surface area contributed by atoms with Crippen LogP contribution in [0.25, 0.3) is 0 Å². The molecule has 0 saturated heterocycles. The predicted octanol–water partition coefficient (Wildman–Crippen LogP) is 2.95. The molecule has 0 radical (unpaired) electrons. The van der Waals surface area contributed by atoms with Crippen LogP contribution >= 0.6 is 0 Å². The van der Waals surface area contributed by atoms with Crippen LogP contribution in [-0.4, -0.2) is 30.4 Å². The number of carbonyl (C=O) groups is 2. The summed E-state index contributed by atoms with van der Waals surface area (Å²) in [7, 11) is 1.44. The maximum atomic E-state index is 12.2. The Morgan fingerprint density at radius 3 is 2.42 bits per heavy atom. The molecule has 0 unspecified atom stereocenters. The van der Waals surface area contributed by atoms with Gasteiger partial charge in [-0.2, -0.15) is 0 Å². The number of methoxy groups -OCH3 is 1. The normalized spacial score (nSPS) is 10.1. The smallest absolute Gasteiger partial charge is 0.339 e. The highest BCUT2D eigenvalue weighted by Gasteiger charge is 2.20. The molecule has 0 aromatic heterocycles. The van der Waals surface area contributed by atoms with E-state index in [0.29, 0.717) is 11.3 Å². The lowest BCUT2D eigenvalue weighted by Gasteiger charge is -2.09. The van der Waals surface area contributed by atoms with Crippen LogP contribution in [0.15, 0.2) is 42.5 Å². The molecule has 124 valence electrons. The number of ketones is 1. The Bertz CT molecular complexity index is 799. The minimum atomic E-state index is -0.792. The van der Waals surface area contributed by atoms with Crippen molar-refractivity contribution in [3.63, 3.8) is 0 Å². The number of ether oxygens (including phenoxy) is 2. The van der Waals surface area contributed by atoms with Crippen molar-refractivity contribution in [1.82, 2.24) is 0 Å². The zero-order valence-electron chi connectivity index (χ0n) is 13.1. The maximum absolute atomic E-state index is 12.2. The van der Waals surface area contributed by atoms with Gasteiger partial charge in [-0.05, 0) is 25.1 Å². The highest BCUT2D eigenvalue weighted by molar-refractivity contribution is 6.01. The Morgan fingerprint density at radius 1 is 1.08 bits per heavy atom. The van der Waals surface area contributed by atoms with E-state index in [1.165, 1.54) is 32.2 Å². The van der Waals surface area contributed by atoms with Crippen LogP contribution in [0.2, 0.25) is 0 Å². The van der Waals surface area contributed by atoms with E-state index in [9.17, 15) is 19.7 Å². The van der Waals surface area contributed by atoms with Gasteiger partial charge in [0.15, 0.2) is 6.61 Å². The first kappa shape index (κ1) is 17.1. The van der Waals surface area contributed by atoms with Crippen molar-refractivity contribution in [3.8, 4) is 5.75 Å². The van der Waals surface area contributed by atoms with Gasteiger partial charge in [-0.15, -0.1) is 0 Å². The van der Waals surface area contributed by atoms with Gasteiger partial charge in [0.25, 0.3) is 5.69 Å². The molecule has 0 atom stereocenters. The molecule has 0 saturated carbocycles. The number of nitrogens with zero attached hydrogens (tertiary/aromatic N) is 1. The second-order valence-electron chi connectivity index (χ2n) is 4.91. The number of nitro benzene ring substituents is 1. The van der Waals surface area contributed by atoms with Crippen molar-refractivity contribution in [2.24, 2.45) is 0 Å². The van der Waals surface area contributed by atoms with Crippen LogP contribution in [0.1, 0.15) is 26.3 Å². The molecule has 2 aromatic rings. The van der Waals surface area contributed by atoms with Gasteiger partial charge in [-0.3, -0.25) is 14.9 Å². The monoisotopic (exact) mass is 329 g/mol. The van der Waals surface area contributed by atoms with Crippen molar-refractivity contribution < 1.29 is 24.0 Å². The second-order valence-corrected chi connectivity index (χ2v) is 4.91. The number of hydrogen-bond acceptors (Lipinski definition) is 6. The van der Waals surface area contributed by atoms with E-state index in [-0.39, 0.29) is 16.8 Å². The van der Waals surface area contributed by atoms with Gasteiger partial charge in [-0.25, -0.2) is 4.79 Å². The summed E-state index contributed by atoms with van der Waals surface area (Å²) in [6.45, 7) is 0.970. The fourth-order valence-electron chi connectivity index (χ4n) is 2.20. The van der Waals surface area contributed by atoms with E-state index in [0.717, 1.165) is 0 Å². The first-order valence-electron chi connectivity index (χ1n) is 7.03. The molecule has 0 bridgehead atoms. The molecule has 0 N–H and O–H groups in total. The highest BCUT2D eigenvalue weighted by atomic mass is 16.6. The largest absolute Gasteiger partial charge is 0.496 e. The Kier molecular flexibility index (Phi) is 5.26. The summed E-state index contributed by atoms with van der Waals surface area (Å²) in [5, 5.41) is 10.9. The van der Waals surface area contributed by atoms with E-state index in [1.807, 2.05) is 0 Å². The average Bonchev–Trinajstić information content (AvgIpc) is 2.59. The number of benzene rings is 2. The number of nitro groups is 1. The van der Waals surface area contributed by atoms with Crippen LogP contribution in [0, 0.1) is 17.0 Å². The Labute approximate surface area is 138 Å². The molecule has 0 spiro atoms. The SMILES string of the molecule is COc1ccccc1C(=O)COC(=O)c1cccc([N+](=O)[O-])c1C. The van der Waals surface area contributed by atoms with E-state index in [1.54, 1.807) is 24.3 Å². The zero-order chi connectivity index (χ0) is 17.7. The van der Waals surface area contributed by atoms with Gasteiger partial charge in [0, 0.05) is 11.6 Å². The number of para-hydroxylation sites is 1. The maximum Gasteiger partial charge on any atom is 0.339 e. The Balaban J connectivity index is 2.13. The summed E-state index contributed by atoms with van der Waals surface area (Å²) >= 11 is 0. The molecule has 0 aliphatic heterocycles. The first-order valence-corrected chi connectivity index (χ1v) is 7.03. The lowest BCUT2D eigenvalue weighted by Crippen LogP contribution is -2.16. The van der Waals surface area contributed by atoms with Gasteiger partial charge in [0.05, 0.1) is 23.2 Å². The molecule has 0 aliphatic rings. The lowest BCUT2D eigenvalue weighted by molar-refractivity contribution is -0.385. The minimum absolute atomic E-state index is 0.0528. The van der Waals surface area contributed by atoms with Crippen molar-refractivity contribution in [3.05, 3.63) is 69.3 Å². The quantitative estimate of drug-likeness (QED) is 0.350. The van der Waals surface area contributed by atoms with Crippen molar-refractivity contribution in [2.75, 3.05) is 13.7 Å². The zero-order valence-corrected chi connectivity index (χ0v) is 13.1. The Morgan fingerprint density at radius 2 is 1.75 bits per heavy atom. The molecule has 0 aliphatic carbocycles. The predicted molar refractivity (Wildman–Crippen MR) is 85.4 cm³/mol. The molecule has 24 heavy (non-hydrogen) atoms. The average molecular weight is 329 g/mol. The number of esters is 1. The summed E-state index contributed by atoms with van der Waals surface area (Å²) in [5.74, 6) is -0.839. The van der Waals surface area contributed by atoms with Gasteiger partial charge in [0.1, 0.15) is 5.75 Å². The molecular formula is C17H15NO6. The van der Waals surface area contributed by atoms with Crippen LogP contribution < -0.4 is 4.74 Å². The minimum Gasteiger partial charge on any atom is -0.496 e. The Hall–Kier alpha value is -3.22. The van der Waals surface area contributed by atoms with Gasteiger partial charge >= 0.3 is 5.97 Å². The van der Waals surface area contributed by atoms with Gasteiger partial charge in [0.2, 0.25) is 5.78 Å². The molecule has 0 fully saturated rings. The second kappa shape index (κ2) is 7.36. The van der Waals surface area contributed by atoms with E-state index in [2.05, 4.69) is 0 Å². The molecule has 7 nitrogen and oxygen atoms in total. The molecule has 2 aromatic carbocycles. The third kappa shape index (κ3) is 3.57. The van der Waals surface area contributed by atoms with Crippen LogP contribution in [0.3, 0.4) is 0 Å². The third-order valence-corrected chi connectivity index (χ3v) is 3.46. The highest BCUT2D eigenvalue weighted by Crippen LogP contribution is 2.22. The summed E-state index contributed by atoms with van der Waals surface area (Å²) < 4.78 is 10.1. The third-order valence-electron chi connectivity index (χ3n) is 3.46. The first-order chi connectivity index (χ1) is 11.5. The fourth-order valence-corrected chi connectivity index (χ4v) is 2.20. The summed E-state index contributed by atoms with van der Waals surface area (Å²) in [6, 6.07) is 10.7. The topological polar surface area (TPSA) is 95.7 Å². The van der Waals surface area contributed by atoms with E-state index >= 15 is 0 Å². The number of hydrogen-bond donors (Lipinski definition) is 0. The number of carbonyl (C=O) groups excluding carboxylic acids is 2. The van der Waals surface area contributed by atoms with Crippen molar-refractivity contribution >= 4 is 17.4 Å². The van der Waals surface area contributed by atoms with Gasteiger partial charge in [-0.1, -0.05) is 18.2 Å². The molecule has 7 heteroatoms. The van der Waals surface area contributed by atoms with Crippen molar-refractivity contribution in [2.45, 2.75) is 6.92 Å². The molecular weight excluding hydrogens is 314 g/mol.